The molecule has 0 aliphatic carbocycles. The predicted octanol–water partition coefficient (Wildman–Crippen LogP) is 2.02. The summed E-state index contributed by atoms with van der Waals surface area (Å²) in [5.74, 6) is 0.927. The highest BCUT2D eigenvalue weighted by Crippen LogP contribution is 2.18. The van der Waals surface area contributed by atoms with Gasteiger partial charge >= 0.3 is 0 Å². The third kappa shape index (κ3) is 1.38. The normalized spacial score (nSPS) is 11.1. The maximum absolute atomic E-state index is 6.08. The number of hydrogen-bond donors (Lipinski definition) is 1. The SMILES string of the molecule is CNCc1nc(C)n2c(Cl)cccc12. The highest BCUT2D eigenvalue weighted by atomic mass is 35.5. The van der Waals surface area contributed by atoms with Crippen LogP contribution in [0.3, 0.4) is 0 Å². The van der Waals surface area contributed by atoms with E-state index in [4.69, 9.17) is 11.6 Å². The third-order valence-electron chi connectivity index (χ3n) is 2.20. The molecule has 0 aromatic carbocycles. The van der Waals surface area contributed by atoms with E-state index in [9.17, 15) is 0 Å². The van der Waals surface area contributed by atoms with Gasteiger partial charge in [-0.05, 0) is 26.1 Å². The first-order valence-corrected chi connectivity index (χ1v) is 4.89. The fourth-order valence-corrected chi connectivity index (χ4v) is 1.92. The van der Waals surface area contributed by atoms with Gasteiger partial charge in [0.15, 0.2) is 0 Å². The Morgan fingerprint density at radius 3 is 3.00 bits per heavy atom. The minimum absolute atomic E-state index is 0.704. The number of aromatic nitrogens is 2. The molecule has 2 aromatic rings. The summed E-state index contributed by atoms with van der Waals surface area (Å²) in [4.78, 5) is 4.46. The van der Waals surface area contributed by atoms with Crippen LogP contribution in [-0.2, 0) is 6.54 Å². The molecule has 74 valence electrons. The van der Waals surface area contributed by atoms with Crippen molar-refractivity contribution in [3.8, 4) is 0 Å². The molecule has 0 atom stereocenters. The van der Waals surface area contributed by atoms with Crippen LogP contribution in [0.2, 0.25) is 5.15 Å². The van der Waals surface area contributed by atoms with Crippen molar-refractivity contribution in [2.75, 3.05) is 7.05 Å². The van der Waals surface area contributed by atoms with E-state index in [0.29, 0.717) is 5.15 Å². The minimum Gasteiger partial charge on any atom is -0.314 e. The van der Waals surface area contributed by atoms with Crippen LogP contribution in [0.5, 0.6) is 0 Å². The Kier molecular flexibility index (Phi) is 2.44. The smallest absolute Gasteiger partial charge is 0.114 e. The van der Waals surface area contributed by atoms with Gasteiger partial charge in [-0.3, -0.25) is 4.40 Å². The van der Waals surface area contributed by atoms with E-state index in [1.54, 1.807) is 0 Å². The van der Waals surface area contributed by atoms with Crippen LogP contribution >= 0.6 is 11.6 Å². The highest BCUT2D eigenvalue weighted by molar-refractivity contribution is 6.29. The summed E-state index contributed by atoms with van der Waals surface area (Å²) < 4.78 is 1.95. The third-order valence-corrected chi connectivity index (χ3v) is 2.50. The average Bonchev–Trinajstić information content (AvgIpc) is 2.46. The van der Waals surface area contributed by atoms with Gasteiger partial charge in [0.25, 0.3) is 0 Å². The van der Waals surface area contributed by atoms with Crippen LogP contribution in [0, 0.1) is 6.92 Å². The molecule has 0 radical (unpaired) electrons. The van der Waals surface area contributed by atoms with Crippen LogP contribution in [0.1, 0.15) is 11.5 Å². The molecule has 2 aromatic heterocycles. The number of imidazole rings is 1. The Labute approximate surface area is 87.7 Å². The molecule has 14 heavy (non-hydrogen) atoms. The molecule has 0 aliphatic rings. The van der Waals surface area contributed by atoms with E-state index >= 15 is 0 Å². The van der Waals surface area contributed by atoms with Crippen LogP contribution < -0.4 is 5.32 Å². The number of nitrogens with zero attached hydrogens (tertiary/aromatic N) is 2. The Morgan fingerprint density at radius 1 is 1.50 bits per heavy atom. The second kappa shape index (κ2) is 3.59. The lowest BCUT2D eigenvalue weighted by molar-refractivity contribution is 0.800. The Balaban J connectivity index is 2.71. The number of aryl methyl sites for hydroxylation is 1. The van der Waals surface area contributed by atoms with Gasteiger partial charge in [0, 0.05) is 6.54 Å². The zero-order valence-electron chi connectivity index (χ0n) is 8.21. The van der Waals surface area contributed by atoms with Crippen molar-refractivity contribution in [3.63, 3.8) is 0 Å². The van der Waals surface area contributed by atoms with Crippen molar-refractivity contribution in [3.05, 3.63) is 34.9 Å². The van der Waals surface area contributed by atoms with E-state index in [0.717, 1.165) is 23.6 Å². The van der Waals surface area contributed by atoms with Crippen LogP contribution in [0.25, 0.3) is 5.52 Å². The Bertz CT molecular complexity index is 462. The minimum atomic E-state index is 0.704. The topological polar surface area (TPSA) is 29.3 Å². The highest BCUT2D eigenvalue weighted by Gasteiger charge is 2.08. The van der Waals surface area contributed by atoms with Crippen LogP contribution in [0.4, 0.5) is 0 Å². The summed E-state index contributed by atoms with van der Waals surface area (Å²) in [7, 11) is 1.91. The first-order chi connectivity index (χ1) is 6.74. The van der Waals surface area contributed by atoms with E-state index in [-0.39, 0.29) is 0 Å². The number of nitrogens with one attached hydrogen (secondary N) is 1. The van der Waals surface area contributed by atoms with Gasteiger partial charge in [-0.25, -0.2) is 4.98 Å². The fourth-order valence-electron chi connectivity index (χ4n) is 1.64. The van der Waals surface area contributed by atoms with Crippen molar-refractivity contribution < 1.29 is 0 Å². The largest absolute Gasteiger partial charge is 0.314 e. The lowest BCUT2D eigenvalue weighted by atomic mass is 10.3. The van der Waals surface area contributed by atoms with Crippen molar-refractivity contribution in [1.29, 1.82) is 0 Å². The second-order valence-electron chi connectivity index (χ2n) is 3.21. The summed E-state index contributed by atoms with van der Waals surface area (Å²) in [6.07, 6.45) is 0. The average molecular weight is 210 g/mol. The number of fused-ring (bicyclic) bond motifs is 1. The van der Waals surface area contributed by atoms with Gasteiger partial charge in [0.2, 0.25) is 0 Å². The van der Waals surface area contributed by atoms with E-state index in [1.165, 1.54) is 0 Å². The van der Waals surface area contributed by atoms with Crippen LogP contribution in [0.15, 0.2) is 18.2 Å². The zero-order chi connectivity index (χ0) is 10.1. The predicted molar refractivity (Wildman–Crippen MR) is 57.7 cm³/mol. The molecule has 0 spiro atoms. The van der Waals surface area contributed by atoms with Crippen molar-refractivity contribution >= 4 is 17.1 Å². The second-order valence-corrected chi connectivity index (χ2v) is 3.59. The monoisotopic (exact) mass is 209 g/mol. The van der Waals surface area contributed by atoms with Gasteiger partial charge in [-0.1, -0.05) is 17.7 Å². The van der Waals surface area contributed by atoms with Crippen LogP contribution in [-0.4, -0.2) is 16.4 Å². The molecular weight excluding hydrogens is 198 g/mol. The molecule has 2 rings (SSSR count). The van der Waals surface area contributed by atoms with Gasteiger partial charge < -0.3 is 5.32 Å². The lowest BCUT2D eigenvalue weighted by Gasteiger charge is -1.99. The standard InChI is InChI=1S/C10H12ClN3/c1-7-13-8(6-12-2)9-4-3-5-10(11)14(7)9/h3-5,12H,6H2,1-2H3. The molecule has 0 unspecified atom stereocenters. The van der Waals surface area contributed by atoms with Crippen molar-refractivity contribution in [2.45, 2.75) is 13.5 Å². The fraction of sp³-hybridized carbons (Fsp3) is 0.300. The van der Waals surface area contributed by atoms with E-state index < -0.39 is 0 Å². The van der Waals surface area contributed by atoms with E-state index in [2.05, 4.69) is 10.3 Å². The molecule has 2 heterocycles. The molecule has 0 bridgehead atoms. The van der Waals surface area contributed by atoms with Gasteiger partial charge in [-0.15, -0.1) is 0 Å². The summed E-state index contributed by atoms with van der Waals surface area (Å²) in [5.41, 5.74) is 2.11. The molecule has 0 saturated carbocycles. The maximum Gasteiger partial charge on any atom is 0.114 e. The Morgan fingerprint density at radius 2 is 2.29 bits per heavy atom. The van der Waals surface area contributed by atoms with Gasteiger partial charge in [0.1, 0.15) is 11.0 Å². The van der Waals surface area contributed by atoms with Crippen molar-refractivity contribution in [1.82, 2.24) is 14.7 Å². The van der Waals surface area contributed by atoms with Crippen molar-refractivity contribution in [2.24, 2.45) is 0 Å². The molecule has 3 nitrogen and oxygen atoms in total. The molecule has 0 fully saturated rings. The Hall–Kier alpha value is -1.06. The molecule has 4 heteroatoms. The molecule has 0 saturated heterocycles. The number of hydrogen-bond acceptors (Lipinski definition) is 2. The summed E-state index contributed by atoms with van der Waals surface area (Å²) in [6.45, 7) is 2.72. The maximum atomic E-state index is 6.08. The molecule has 1 N–H and O–H groups in total. The first-order valence-electron chi connectivity index (χ1n) is 4.51. The van der Waals surface area contributed by atoms with Gasteiger partial charge in [0.05, 0.1) is 11.2 Å². The summed E-state index contributed by atoms with van der Waals surface area (Å²) >= 11 is 6.08. The molecular formula is C10H12ClN3. The molecule has 0 amide bonds. The number of rotatable bonds is 2. The zero-order valence-corrected chi connectivity index (χ0v) is 8.97. The summed E-state index contributed by atoms with van der Waals surface area (Å²) in [6, 6.07) is 5.84. The first kappa shape index (κ1) is 9.49. The van der Waals surface area contributed by atoms with Gasteiger partial charge in [-0.2, -0.15) is 0 Å². The van der Waals surface area contributed by atoms with E-state index in [1.807, 2.05) is 36.6 Å². The molecule has 0 aliphatic heterocycles. The number of pyridine rings is 1. The summed E-state index contributed by atoms with van der Waals surface area (Å²) in [5, 5.41) is 3.79. The number of halogens is 1. The quantitative estimate of drug-likeness (QED) is 0.767. The lowest BCUT2D eigenvalue weighted by Crippen LogP contribution is -2.05.